The third kappa shape index (κ3) is 7.66. The predicted molar refractivity (Wildman–Crippen MR) is 132 cm³/mol. The van der Waals surface area contributed by atoms with Crippen LogP contribution in [0.15, 0.2) is 36.4 Å². The first-order valence-corrected chi connectivity index (χ1v) is 13.0. The minimum absolute atomic E-state index is 0.0238. The molecule has 176 valence electrons. The lowest BCUT2D eigenvalue weighted by Crippen LogP contribution is -2.31. The van der Waals surface area contributed by atoms with Crippen molar-refractivity contribution in [3.8, 4) is 5.75 Å². The van der Waals surface area contributed by atoms with Gasteiger partial charge in [0.15, 0.2) is 11.5 Å². The first-order valence-electron chi connectivity index (χ1n) is 10.4. The quantitative estimate of drug-likeness (QED) is 0.399. The second kappa shape index (κ2) is 11.4. The van der Waals surface area contributed by atoms with E-state index in [2.05, 4.69) is 30.8 Å². The smallest absolute Gasteiger partial charge is 0.209 e. The molecule has 0 aliphatic heterocycles. The second-order valence-corrected chi connectivity index (χ2v) is 10.8. The van der Waals surface area contributed by atoms with E-state index >= 15 is 0 Å². The van der Waals surface area contributed by atoms with Crippen LogP contribution in [0.2, 0.25) is 10.0 Å². The molecular formula is C23H30Cl2N2O4S. The van der Waals surface area contributed by atoms with Crippen molar-refractivity contribution in [2.45, 2.75) is 39.0 Å². The molecule has 2 aromatic carbocycles. The highest BCUT2D eigenvalue weighted by molar-refractivity contribution is 7.88. The average molecular weight is 501 g/mol. The summed E-state index contributed by atoms with van der Waals surface area (Å²) in [4.78, 5) is 11.8. The van der Waals surface area contributed by atoms with Crippen LogP contribution < -0.4 is 14.8 Å². The van der Waals surface area contributed by atoms with Crippen LogP contribution in [0.5, 0.6) is 5.75 Å². The maximum atomic E-state index is 11.8. The molecule has 0 radical (unpaired) electrons. The Hall–Kier alpha value is -1.80. The zero-order valence-corrected chi connectivity index (χ0v) is 21.1. The van der Waals surface area contributed by atoms with Crippen LogP contribution in [-0.2, 0) is 20.2 Å². The van der Waals surface area contributed by atoms with Gasteiger partial charge in [-0.15, -0.1) is 0 Å². The summed E-state index contributed by atoms with van der Waals surface area (Å²) in [6.07, 6.45) is 2.97. The number of carbonyl (C=O) groups is 1. The van der Waals surface area contributed by atoms with Crippen LogP contribution in [0.4, 0.5) is 5.69 Å². The van der Waals surface area contributed by atoms with Crippen LogP contribution in [0.3, 0.4) is 0 Å². The zero-order valence-electron chi connectivity index (χ0n) is 18.8. The Labute approximate surface area is 200 Å². The van der Waals surface area contributed by atoms with Gasteiger partial charge in [0.05, 0.1) is 36.0 Å². The summed E-state index contributed by atoms with van der Waals surface area (Å²) >= 11 is 12.9. The van der Waals surface area contributed by atoms with Crippen LogP contribution >= 0.6 is 23.2 Å². The van der Waals surface area contributed by atoms with Crippen LogP contribution in [-0.4, -0.2) is 40.2 Å². The molecule has 0 spiro atoms. The number of nitrogens with one attached hydrogen (secondary N) is 2. The molecule has 0 unspecified atom stereocenters. The molecule has 0 aliphatic rings. The molecule has 0 saturated heterocycles. The summed E-state index contributed by atoms with van der Waals surface area (Å²) in [5, 5.41) is 3.97. The number of halogens is 2. The number of sulfonamides is 1. The van der Waals surface area contributed by atoms with Gasteiger partial charge in [-0.2, -0.15) is 0 Å². The fourth-order valence-electron chi connectivity index (χ4n) is 3.02. The topological polar surface area (TPSA) is 84.5 Å². The van der Waals surface area contributed by atoms with Gasteiger partial charge in [0.1, 0.15) is 0 Å². The summed E-state index contributed by atoms with van der Waals surface area (Å²) in [6, 6.07) is 11.5. The number of Topliss-reactive ketones (excluding diaryl/α,β-unsaturated/α-hetero) is 1. The molecule has 2 rings (SSSR count). The van der Waals surface area contributed by atoms with Crippen molar-refractivity contribution >= 4 is 44.7 Å². The first kappa shape index (κ1) is 26.5. The third-order valence-corrected chi connectivity index (χ3v) is 6.32. The van der Waals surface area contributed by atoms with Gasteiger partial charge in [0.2, 0.25) is 10.0 Å². The SMILES string of the molecule is CCCCOc1c(Cl)cc(C(C)(C)c2ccc(NCC(=O)CNS(C)(=O)=O)cc2)cc1Cl. The highest BCUT2D eigenvalue weighted by Gasteiger charge is 2.25. The van der Waals surface area contributed by atoms with Gasteiger partial charge in [-0.25, -0.2) is 13.1 Å². The molecule has 2 aromatic rings. The minimum Gasteiger partial charge on any atom is -0.490 e. The second-order valence-electron chi connectivity index (χ2n) is 8.16. The Kier molecular flexibility index (Phi) is 9.40. The zero-order chi connectivity index (χ0) is 23.9. The molecule has 0 amide bonds. The Morgan fingerprint density at radius 1 is 1.03 bits per heavy atom. The molecule has 0 aromatic heterocycles. The molecule has 32 heavy (non-hydrogen) atoms. The van der Waals surface area contributed by atoms with E-state index in [9.17, 15) is 13.2 Å². The predicted octanol–water partition coefficient (Wildman–Crippen LogP) is 5.03. The van der Waals surface area contributed by atoms with Gasteiger partial charge >= 0.3 is 0 Å². The number of carbonyl (C=O) groups excluding carboxylic acids is 1. The van der Waals surface area contributed by atoms with Crippen molar-refractivity contribution in [2.75, 3.05) is 31.3 Å². The molecule has 9 heteroatoms. The van der Waals surface area contributed by atoms with Gasteiger partial charge < -0.3 is 10.1 Å². The lowest BCUT2D eigenvalue weighted by molar-refractivity contribution is -0.116. The van der Waals surface area contributed by atoms with Gasteiger partial charge in [-0.1, -0.05) is 62.5 Å². The van der Waals surface area contributed by atoms with Crippen LogP contribution in [0.25, 0.3) is 0 Å². The van der Waals surface area contributed by atoms with E-state index in [1.54, 1.807) is 0 Å². The number of ether oxygens (including phenoxy) is 1. The summed E-state index contributed by atoms with van der Waals surface area (Å²) in [7, 11) is -3.39. The Balaban J connectivity index is 2.08. The van der Waals surface area contributed by atoms with E-state index in [0.717, 1.165) is 35.9 Å². The van der Waals surface area contributed by atoms with E-state index in [1.807, 2.05) is 36.4 Å². The van der Waals surface area contributed by atoms with Gasteiger partial charge in [-0.3, -0.25) is 4.79 Å². The van der Waals surface area contributed by atoms with Crippen molar-refractivity contribution in [1.82, 2.24) is 4.72 Å². The number of unbranched alkanes of at least 4 members (excludes halogenated alkanes) is 1. The first-order chi connectivity index (χ1) is 14.9. The minimum atomic E-state index is -3.39. The largest absolute Gasteiger partial charge is 0.490 e. The molecule has 0 atom stereocenters. The lowest BCUT2D eigenvalue weighted by atomic mass is 9.78. The molecule has 0 bridgehead atoms. The van der Waals surface area contributed by atoms with E-state index in [4.69, 9.17) is 27.9 Å². The monoisotopic (exact) mass is 500 g/mol. The van der Waals surface area contributed by atoms with Crippen molar-refractivity contribution < 1.29 is 17.9 Å². The van der Waals surface area contributed by atoms with E-state index in [1.165, 1.54) is 0 Å². The van der Waals surface area contributed by atoms with Gasteiger partial charge in [0, 0.05) is 11.1 Å². The Bertz CT molecular complexity index is 1020. The molecule has 2 N–H and O–H groups in total. The Morgan fingerprint density at radius 3 is 2.16 bits per heavy atom. The maximum Gasteiger partial charge on any atom is 0.209 e. The third-order valence-electron chi connectivity index (χ3n) is 5.09. The molecule has 0 fully saturated rings. The lowest BCUT2D eigenvalue weighted by Gasteiger charge is -2.27. The summed E-state index contributed by atoms with van der Waals surface area (Å²) in [5.41, 5.74) is 2.38. The fraction of sp³-hybridized carbons (Fsp3) is 0.435. The van der Waals surface area contributed by atoms with Gasteiger partial charge in [0.25, 0.3) is 0 Å². The van der Waals surface area contributed by atoms with Gasteiger partial charge in [-0.05, 0) is 41.8 Å². The molecule has 0 aliphatic carbocycles. The van der Waals surface area contributed by atoms with Crippen LogP contribution in [0.1, 0.15) is 44.7 Å². The Morgan fingerprint density at radius 2 is 1.62 bits per heavy atom. The van der Waals surface area contributed by atoms with E-state index < -0.39 is 10.0 Å². The van der Waals surface area contributed by atoms with E-state index in [-0.39, 0.29) is 24.3 Å². The highest BCUT2D eigenvalue weighted by atomic mass is 35.5. The fourth-order valence-corrected chi connectivity index (χ4v) is 4.04. The maximum absolute atomic E-state index is 11.8. The van der Waals surface area contributed by atoms with E-state index in [0.29, 0.717) is 22.4 Å². The summed E-state index contributed by atoms with van der Waals surface area (Å²) in [5.74, 6) is 0.251. The summed E-state index contributed by atoms with van der Waals surface area (Å²) in [6.45, 7) is 6.60. The molecule has 6 nitrogen and oxygen atoms in total. The number of ketones is 1. The van der Waals surface area contributed by atoms with Crippen molar-refractivity contribution in [2.24, 2.45) is 0 Å². The van der Waals surface area contributed by atoms with Crippen molar-refractivity contribution in [3.05, 3.63) is 57.6 Å². The molecule has 0 saturated carbocycles. The number of rotatable bonds is 12. The highest BCUT2D eigenvalue weighted by Crippen LogP contribution is 2.40. The normalized spacial score (nSPS) is 11.9. The number of benzene rings is 2. The van der Waals surface area contributed by atoms with Crippen LogP contribution in [0, 0.1) is 0 Å². The number of hydrogen-bond donors (Lipinski definition) is 2. The number of anilines is 1. The van der Waals surface area contributed by atoms with Crippen molar-refractivity contribution in [1.29, 1.82) is 0 Å². The molecular weight excluding hydrogens is 471 g/mol. The summed E-state index contributed by atoms with van der Waals surface area (Å²) < 4.78 is 30.1. The standard InChI is InChI=1S/C23H30Cl2N2O4S/c1-5-6-11-31-22-20(24)12-17(13-21(22)25)23(2,3)16-7-9-18(10-8-16)26-14-19(28)15-27-32(4,29)30/h7-10,12-13,26-27H,5-6,11,14-15H2,1-4H3. The van der Waals surface area contributed by atoms with Crippen molar-refractivity contribution in [3.63, 3.8) is 0 Å². The average Bonchev–Trinajstić information content (AvgIpc) is 2.72. The number of hydrogen-bond acceptors (Lipinski definition) is 5. The molecule has 0 heterocycles.